The Morgan fingerprint density at radius 3 is 2.27 bits per heavy atom. The van der Waals surface area contributed by atoms with Crippen molar-refractivity contribution in [1.82, 2.24) is 0 Å². The number of hydrogen-bond acceptors (Lipinski definition) is 2. The van der Waals surface area contributed by atoms with Crippen LogP contribution in [0.15, 0.2) is 48.5 Å². The standard InChI is InChI=1S/C20H21NO2.BrH.2H2O/c1-20(2)15-9-5-6-10-16(15)21(3)18(20)13-12-14-8-7-11-17(23-4)19(14)22;;;/h5-13H,1-4H3;1H;2*1H2. The number of ether oxygens (including phenoxy) is 1. The maximum atomic E-state index is 10.2. The zero-order chi connectivity index (χ0) is 16.6. The minimum absolute atomic E-state index is 0. The molecular formula is C20H26BrNO4. The van der Waals surface area contributed by atoms with E-state index in [4.69, 9.17) is 4.74 Å². The highest BCUT2D eigenvalue weighted by atomic mass is 79.9. The SMILES string of the molecule is COc1cccc(/C=C/C2=[N+](C)c3ccccc3C2(C)C)c1O.O.O.[Br-]. The third kappa shape index (κ3) is 3.82. The van der Waals surface area contributed by atoms with Gasteiger partial charge >= 0.3 is 0 Å². The first-order valence-corrected chi connectivity index (χ1v) is 7.71. The number of aromatic hydroxyl groups is 1. The summed E-state index contributed by atoms with van der Waals surface area (Å²) in [6.45, 7) is 4.45. The van der Waals surface area contributed by atoms with Gasteiger partial charge in [-0.3, -0.25) is 0 Å². The third-order valence-corrected chi connectivity index (χ3v) is 4.61. The number of nitrogens with zero attached hydrogens (tertiary/aromatic N) is 1. The van der Waals surface area contributed by atoms with Crippen LogP contribution in [0, 0.1) is 0 Å². The summed E-state index contributed by atoms with van der Waals surface area (Å²) in [5.41, 5.74) is 4.41. The number of rotatable bonds is 3. The molecule has 1 heterocycles. The fraction of sp³-hybridized carbons (Fsp3) is 0.250. The zero-order valence-electron chi connectivity index (χ0n) is 15.4. The first kappa shape index (κ1) is 23.9. The molecule has 1 aliphatic rings. The molecule has 5 nitrogen and oxygen atoms in total. The van der Waals surface area contributed by atoms with Crippen LogP contribution in [0.2, 0.25) is 0 Å². The Kier molecular flexibility index (Phi) is 8.24. The molecule has 5 N–H and O–H groups in total. The fourth-order valence-electron chi connectivity index (χ4n) is 3.31. The maximum absolute atomic E-state index is 10.2. The normalized spacial score (nSPS) is 14.2. The second kappa shape index (κ2) is 8.98. The average Bonchev–Trinajstić information content (AvgIpc) is 2.74. The number of allylic oxidation sites excluding steroid dienone is 1. The molecule has 0 saturated carbocycles. The van der Waals surface area contributed by atoms with Gasteiger partial charge in [0, 0.05) is 23.3 Å². The molecule has 2 aromatic rings. The summed E-state index contributed by atoms with van der Waals surface area (Å²) in [4.78, 5) is 0. The van der Waals surface area contributed by atoms with Crippen molar-refractivity contribution in [3.63, 3.8) is 0 Å². The Balaban J connectivity index is 0.00000208. The molecule has 0 bridgehead atoms. The number of para-hydroxylation sites is 2. The molecular weight excluding hydrogens is 398 g/mol. The number of halogens is 1. The van der Waals surface area contributed by atoms with E-state index >= 15 is 0 Å². The molecule has 0 radical (unpaired) electrons. The van der Waals surface area contributed by atoms with E-state index in [2.05, 4.69) is 55.8 Å². The van der Waals surface area contributed by atoms with Crippen molar-refractivity contribution in [3.8, 4) is 11.5 Å². The van der Waals surface area contributed by atoms with Crippen LogP contribution in [-0.2, 0) is 5.41 Å². The number of methoxy groups -OCH3 is 1. The van der Waals surface area contributed by atoms with Gasteiger partial charge in [-0.15, -0.1) is 0 Å². The van der Waals surface area contributed by atoms with Crippen LogP contribution in [0.4, 0.5) is 5.69 Å². The molecule has 142 valence electrons. The molecule has 0 atom stereocenters. The van der Waals surface area contributed by atoms with E-state index in [0.29, 0.717) is 5.75 Å². The summed E-state index contributed by atoms with van der Waals surface area (Å²) in [6, 6.07) is 14.0. The Hall–Kier alpha value is -2.15. The Labute approximate surface area is 164 Å². The lowest BCUT2D eigenvalue weighted by atomic mass is 9.81. The van der Waals surface area contributed by atoms with Gasteiger partial charge in [0.25, 0.3) is 0 Å². The predicted molar refractivity (Wildman–Crippen MR) is 101 cm³/mol. The lowest BCUT2D eigenvalue weighted by Crippen LogP contribution is -3.00. The van der Waals surface area contributed by atoms with Gasteiger partial charge in [0.05, 0.1) is 12.5 Å². The lowest BCUT2D eigenvalue weighted by Gasteiger charge is -2.15. The summed E-state index contributed by atoms with van der Waals surface area (Å²) < 4.78 is 7.38. The minimum Gasteiger partial charge on any atom is -1.00 e. The Morgan fingerprint density at radius 1 is 1.00 bits per heavy atom. The van der Waals surface area contributed by atoms with Crippen molar-refractivity contribution in [2.45, 2.75) is 19.3 Å². The fourth-order valence-corrected chi connectivity index (χ4v) is 3.31. The number of phenolic OH excluding ortho intramolecular Hbond substituents is 1. The topological polar surface area (TPSA) is 95.5 Å². The zero-order valence-corrected chi connectivity index (χ0v) is 17.0. The van der Waals surface area contributed by atoms with E-state index in [1.165, 1.54) is 17.0 Å². The van der Waals surface area contributed by atoms with Gasteiger partial charge < -0.3 is 37.8 Å². The van der Waals surface area contributed by atoms with Crippen LogP contribution in [0.25, 0.3) is 6.08 Å². The van der Waals surface area contributed by atoms with E-state index in [9.17, 15) is 5.11 Å². The summed E-state index contributed by atoms with van der Waals surface area (Å²) in [7, 11) is 3.64. The van der Waals surface area contributed by atoms with Gasteiger partial charge in [-0.2, -0.15) is 4.58 Å². The molecule has 0 aromatic heterocycles. The summed E-state index contributed by atoms with van der Waals surface area (Å²) in [5, 5.41) is 10.2. The summed E-state index contributed by atoms with van der Waals surface area (Å²) in [6.07, 6.45) is 4.02. The molecule has 2 aromatic carbocycles. The minimum atomic E-state index is -0.0731. The van der Waals surface area contributed by atoms with E-state index < -0.39 is 0 Å². The molecule has 0 amide bonds. The Bertz CT molecular complexity index is 828. The maximum Gasteiger partial charge on any atom is 0.209 e. The van der Waals surface area contributed by atoms with Crippen molar-refractivity contribution in [2.24, 2.45) is 0 Å². The molecule has 6 heteroatoms. The highest BCUT2D eigenvalue weighted by molar-refractivity contribution is 6.05. The second-order valence-electron chi connectivity index (χ2n) is 6.32. The molecule has 26 heavy (non-hydrogen) atoms. The molecule has 0 fully saturated rings. The van der Waals surface area contributed by atoms with Gasteiger partial charge in [-0.05, 0) is 26.0 Å². The number of benzene rings is 2. The second-order valence-corrected chi connectivity index (χ2v) is 6.32. The molecule has 0 aliphatic carbocycles. The quantitative estimate of drug-likeness (QED) is 0.671. The van der Waals surface area contributed by atoms with Gasteiger partial charge in [-0.25, -0.2) is 0 Å². The van der Waals surface area contributed by atoms with Crippen molar-refractivity contribution in [2.75, 3.05) is 14.2 Å². The molecule has 1 aliphatic heterocycles. The largest absolute Gasteiger partial charge is 1.00 e. The van der Waals surface area contributed by atoms with Crippen LogP contribution in [0.1, 0.15) is 25.0 Å². The first-order chi connectivity index (χ1) is 11.0. The van der Waals surface area contributed by atoms with Crippen LogP contribution < -0.4 is 21.7 Å². The summed E-state index contributed by atoms with van der Waals surface area (Å²) in [5.74, 6) is 0.655. The lowest BCUT2D eigenvalue weighted by molar-refractivity contribution is -0.401. The van der Waals surface area contributed by atoms with E-state index in [-0.39, 0.29) is 39.1 Å². The van der Waals surface area contributed by atoms with Crippen LogP contribution in [0.3, 0.4) is 0 Å². The van der Waals surface area contributed by atoms with Crippen molar-refractivity contribution >= 4 is 17.5 Å². The predicted octanol–water partition coefficient (Wildman–Crippen LogP) is -0.525. The van der Waals surface area contributed by atoms with E-state index in [1.54, 1.807) is 13.2 Å². The number of fused-ring (bicyclic) bond motifs is 1. The van der Waals surface area contributed by atoms with Gasteiger partial charge in [0.1, 0.15) is 7.05 Å². The first-order valence-electron chi connectivity index (χ1n) is 7.71. The monoisotopic (exact) mass is 423 g/mol. The van der Waals surface area contributed by atoms with Gasteiger partial charge in [0.2, 0.25) is 5.69 Å². The highest BCUT2D eigenvalue weighted by Crippen LogP contribution is 2.39. The molecule has 0 unspecified atom stereocenters. The molecule has 0 saturated heterocycles. The summed E-state index contributed by atoms with van der Waals surface area (Å²) >= 11 is 0. The van der Waals surface area contributed by atoms with E-state index in [1.807, 2.05) is 18.2 Å². The Morgan fingerprint density at radius 2 is 1.65 bits per heavy atom. The number of phenols is 1. The molecule has 0 spiro atoms. The smallest absolute Gasteiger partial charge is 0.209 e. The van der Waals surface area contributed by atoms with Crippen molar-refractivity contribution in [3.05, 3.63) is 59.7 Å². The van der Waals surface area contributed by atoms with E-state index in [0.717, 1.165) is 5.56 Å². The van der Waals surface area contributed by atoms with Crippen LogP contribution in [-0.4, -0.2) is 40.5 Å². The van der Waals surface area contributed by atoms with Crippen LogP contribution in [0.5, 0.6) is 11.5 Å². The van der Waals surface area contributed by atoms with Gasteiger partial charge in [0.15, 0.2) is 17.2 Å². The highest BCUT2D eigenvalue weighted by Gasteiger charge is 2.42. The third-order valence-electron chi connectivity index (χ3n) is 4.61. The number of hydrogen-bond donors (Lipinski definition) is 1. The van der Waals surface area contributed by atoms with Crippen LogP contribution >= 0.6 is 0 Å². The average molecular weight is 424 g/mol. The van der Waals surface area contributed by atoms with Crippen molar-refractivity contribution < 1.29 is 42.4 Å². The van der Waals surface area contributed by atoms with Crippen molar-refractivity contribution in [1.29, 1.82) is 0 Å². The van der Waals surface area contributed by atoms with Gasteiger partial charge in [-0.1, -0.05) is 30.3 Å². The molecule has 3 rings (SSSR count).